The second-order valence-electron chi connectivity index (χ2n) is 8.19. The maximum Gasteiger partial charge on any atom is 0.226 e. The Hall–Kier alpha value is -1.88. The quantitative estimate of drug-likeness (QED) is 0.915. The zero-order valence-corrected chi connectivity index (χ0v) is 16.2. The summed E-state index contributed by atoms with van der Waals surface area (Å²) < 4.78 is 0. The van der Waals surface area contributed by atoms with Crippen molar-refractivity contribution in [3.8, 4) is 0 Å². The van der Waals surface area contributed by atoms with Gasteiger partial charge in [-0.1, -0.05) is 12.1 Å². The van der Waals surface area contributed by atoms with Crippen LogP contribution in [0.25, 0.3) is 11.0 Å². The molecule has 0 saturated carbocycles. The molecule has 4 rings (SSSR count). The monoisotopic (exact) mass is 354 g/mol. The molecule has 2 aromatic rings. The summed E-state index contributed by atoms with van der Waals surface area (Å²) in [6.07, 6.45) is 4.05. The van der Waals surface area contributed by atoms with Gasteiger partial charge in [-0.15, -0.1) is 0 Å². The number of H-pyrrole nitrogens is 1. The molecule has 2 aliphatic rings. The van der Waals surface area contributed by atoms with Crippen molar-refractivity contribution in [3.63, 3.8) is 0 Å². The molecule has 0 unspecified atom stereocenters. The highest BCUT2D eigenvalue weighted by Crippen LogP contribution is 2.34. The van der Waals surface area contributed by atoms with Crippen LogP contribution in [0.4, 0.5) is 0 Å². The molecule has 1 N–H and O–H groups in total. The number of hydrogen-bond donors (Lipinski definition) is 1. The Morgan fingerprint density at radius 2 is 1.96 bits per heavy atom. The Kier molecular flexibility index (Phi) is 4.74. The minimum atomic E-state index is 0.109. The lowest BCUT2D eigenvalue weighted by Gasteiger charge is -2.36. The van der Waals surface area contributed by atoms with E-state index in [0.717, 1.165) is 62.2 Å². The molecule has 0 radical (unpaired) electrons. The summed E-state index contributed by atoms with van der Waals surface area (Å²) in [5.41, 5.74) is 3.29. The minimum Gasteiger partial charge on any atom is -0.340 e. The fraction of sp³-hybridized carbons (Fsp3) is 0.619. The third-order valence-corrected chi connectivity index (χ3v) is 6.19. The van der Waals surface area contributed by atoms with E-state index >= 15 is 0 Å². The first-order valence-corrected chi connectivity index (χ1v) is 10.0. The number of nitrogens with zero attached hydrogens (tertiary/aromatic N) is 3. The van der Waals surface area contributed by atoms with Crippen molar-refractivity contribution in [2.45, 2.75) is 58.5 Å². The van der Waals surface area contributed by atoms with Gasteiger partial charge in [-0.2, -0.15) is 0 Å². The standard InChI is InChI=1S/C21H30N4O/c1-14(2)24-12-9-16(10-13-24)21(26)25-11-5-8-18(25)20-22-17-7-4-6-15(3)19(17)23-20/h4,6-7,14,16,18H,5,8-13H2,1-3H3,(H,22,23)/t18-/m0/s1. The molecule has 0 aliphatic carbocycles. The number of carbonyl (C=O) groups is 1. The highest BCUT2D eigenvalue weighted by molar-refractivity contribution is 5.81. The van der Waals surface area contributed by atoms with Crippen molar-refractivity contribution in [1.29, 1.82) is 0 Å². The number of piperidine rings is 1. The summed E-state index contributed by atoms with van der Waals surface area (Å²) in [4.78, 5) is 26.1. The predicted octanol–water partition coefficient (Wildman–Crippen LogP) is 3.66. The summed E-state index contributed by atoms with van der Waals surface area (Å²) in [5, 5.41) is 0. The van der Waals surface area contributed by atoms with Crippen LogP contribution in [0.3, 0.4) is 0 Å². The summed E-state index contributed by atoms with van der Waals surface area (Å²) in [6.45, 7) is 9.51. The van der Waals surface area contributed by atoms with E-state index in [2.05, 4.69) is 53.8 Å². The maximum atomic E-state index is 13.2. The molecule has 0 bridgehead atoms. The van der Waals surface area contributed by atoms with E-state index < -0.39 is 0 Å². The fourth-order valence-electron chi connectivity index (χ4n) is 4.56. The van der Waals surface area contributed by atoms with E-state index in [-0.39, 0.29) is 12.0 Å². The number of aromatic nitrogens is 2. The number of para-hydroxylation sites is 1. The highest BCUT2D eigenvalue weighted by atomic mass is 16.2. The van der Waals surface area contributed by atoms with Gasteiger partial charge in [0.2, 0.25) is 5.91 Å². The lowest BCUT2D eigenvalue weighted by molar-refractivity contribution is -0.138. The van der Waals surface area contributed by atoms with Gasteiger partial charge in [0.05, 0.1) is 17.1 Å². The average Bonchev–Trinajstić information content (AvgIpc) is 3.28. The number of carbonyl (C=O) groups excluding carboxylic acids is 1. The molecule has 140 valence electrons. The topological polar surface area (TPSA) is 52.2 Å². The zero-order chi connectivity index (χ0) is 18.3. The van der Waals surface area contributed by atoms with Crippen molar-refractivity contribution in [3.05, 3.63) is 29.6 Å². The Balaban J connectivity index is 1.51. The Bertz CT molecular complexity index is 788. The predicted molar refractivity (Wildman–Crippen MR) is 104 cm³/mol. The molecule has 0 spiro atoms. The molecule has 2 fully saturated rings. The molecule has 1 aromatic heterocycles. The summed E-state index contributed by atoms with van der Waals surface area (Å²) in [6, 6.07) is 6.90. The van der Waals surface area contributed by atoms with Gasteiger partial charge in [-0.25, -0.2) is 4.98 Å². The smallest absolute Gasteiger partial charge is 0.226 e. The number of imidazole rings is 1. The van der Waals surface area contributed by atoms with E-state index in [4.69, 9.17) is 4.98 Å². The molecule has 1 aromatic carbocycles. The number of fused-ring (bicyclic) bond motifs is 1. The van der Waals surface area contributed by atoms with Crippen molar-refractivity contribution < 1.29 is 4.79 Å². The average molecular weight is 354 g/mol. The zero-order valence-electron chi connectivity index (χ0n) is 16.2. The van der Waals surface area contributed by atoms with Gasteiger partial charge >= 0.3 is 0 Å². The van der Waals surface area contributed by atoms with Crippen LogP contribution in [-0.2, 0) is 4.79 Å². The first-order chi connectivity index (χ1) is 12.5. The van der Waals surface area contributed by atoms with E-state index in [1.54, 1.807) is 0 Å². The van der Waals surface area contributed by atoms with Crippen LogP contribution in [0.2, 0.25) is 0 Å². The van der Waals surface area contributed by atoms with E-state index in [1.807, 2.05) is 0 Å². The van der Waals surface area contributed by atoms with Crippen LogP contribution >= 0.6 is 0 Å². The first-order valence-electron chi connectivity index (χ1n) is 10.0. The number of aromatic amines is 1. The lowest BCUT2D eigenvalue weighted by Crippen LogP contribution is -2.44. The second-order valence-corrected chi connectivity index (χ2v) is 8.19. The Morgan fingerprint density at radius 3 is 2.65 bits per heavy atom. The largest absolute Gasteiger partial charge is 0.340 e. The van der Waals surface area contributed by atoms with Crippen LogP contribution in [0.5, 0.6) is 0 Å². The Morgan fingerprint density at radius 1 is 1.19 bits per heavy atom. The van der Waals surface area contributed by atoms with Crippen LogP contribution in [0.1, 0.15) is 57.0 Å². The van der Waals surface area contributed by atoms with E-state index in [0.29, 0.717) is 11.9 Å². The molecule has 5 heteroatoms. The third kappa shape index (κ3) is 3.13. The van der Waals surface area contributed by atoms with E-state index in [9.17, 15) is 4.79 Å². The summed E-state index contributed by atoms with van der Waals surface area (Å²) in [5.74, 6) is 1.48. The van der Waals surface area contributed by atoms with Gasteiger partial charge < -0.3 is 14.8 Å². The SMILES string of the molecule is Cc1cccc2[nH]c([C@@H]3CCCN3C(=O)C3CCN(C(C)C)CC3)nc12. The first kappa shape index (κ1) is 17.5. The molecule has 5 nitrogen and oxygen atoms in total. The Labute approximate surface area is 155 Å². The molecule has 2 saturated heterocycles. The number of hydrogen-bond acceptors (Lipinski definition) is 3. The maximum absolute atomic E-state index is 13.2. The molecule has 26 heavy (non-hydrogen) atoms. The van der Waals surface area contributed by atoms with Gasteiger partial charge in [0, 0.05) is 18.5 Å². The van der Waals surface area contributed by atoms with Gasteiger partial charge in [-0.3, -0.25) is 4.79 Å². The van der Waals surface area contributed by atoms with Gasteiger partial charge in [0.25, 0.3) is 0 Å². The van der Waals surface area contributed by atoms with Crippen LogP contribution < -0.4 is 0 Å². The summed E-state index contributed by atoms with van der Waals surface area (Å²) >= 11 is 0. The van der Waals surface area contributed by atoms with Crippen LogP contribution in [-0.4, -0.2) is 51.4 Å². The number of amides is 1. The number of benzene rings is 1. The molecule has 1 amide bonds. The summed E-state index contributed by atoms with van der Waals surface area (Å²) in [7, 11) is 0. The number of nitrogens with one attached hydrogen (secondary N) is 1. The third-order valence-electron chi connectivity index (χ3n) is 6.19. The van der Waals surface area contributed by atoms with Crippen molar-refractivity contribution in [2.24, 2.45) is 5.92 Å². The lowest BCUT2D eigenvalue weighted by atomic mass is 9.94. The van der Waals surface area contributed by atoms with Crippen LogP contribution in [0, 0.1) is 12.8 Å². The molecule has 3 heterocycles. The van der Waals surface area contributed by atoms with Gasteiger partial charge in [-0.05, 0) is 71.2 Å². The second kappa shape index (κ2) is 7.03. The fourth-order valence-corrected chi connectivity index (χ4v) is 4.56. The molecular weight excluding hydrogens is 324 g/mol. The van der Waals surface area contributed by atoms with Gasteiger partial charge in [0.15, 0.2) is 0 Å². The van der Waals surface area contributed by atoms with Crippen molar-refractivity contribution >= 4 is 16.9 Å². The minimum absolute atomic E-state index is 0.109. The van der Waals surface area contributed by atoms with E-state index in [1.165, 1.54) is 5.56 Å². The molecule has 2 aliphatic heterocycles. The van der Waals surface area contributed by atoms with Crippen molar-refractivity contribution in [2.75, 3.05) is 19.6 Å². The van der Waals surface area contributed by atoms with Crippen molar-refractivity contribution in [1.82, 2.24) is 19.8 Å². The van der Waals surface area contributed by atoms with Crippen LogP contribution in [0.15, 0.2) is 18.2 Å². The molecule has 1 atom stereocenters. The number of likely N-dealkylation sites (tertiary alicyclic amines) is 2. The normalized spacial score (nSPS) is 22.6. The number of rotatable bonds is 3. The van der Waals surface area contributed by atoms with Gasteiger partial charge in [0.1, 0.15) is 5.82 Å². The number of aryl methyl sites for hydroxylation is 1. The molecular formula is C21H30N4O. The highest BCUT2D eigenvalue weighted by Gasteiger charge is 2.37.